The monoisotopic (exact) mass is 226 g/mol. The average Bonchev–Trinajstić information content (AvgIpc) is 3.10. The molecule has 2 unspecified atom stereocenters. The van der Waals surface area contributed by atoms with Crippen LogP contribution in [0.25, 0.3) is 0 Å². The number of nitrogens with one attached hydrogen (secondary N) is 1. The first-order valence-electron chi connectivity index (χ1n) is 7.20. The van der Waals surface area contributed by atoms with Crippen LogP contribution in [-0.2, 0) is 0 Å². The van der Waals surface area contributed by atoms with E-state index >= 15 is 0 Å². The molecule has 0 amide bonds. The molecule has 2 nitrogen and oxygen atoms in total. The van der Waals surface area contributed by atoms with E-state index < -0.39 is 0 Å². The van der Waals surface area contributed by atoms with Gasteiger partial charge < -0.3 is 5.32 Å². The van der Waals surface area contributed by atoms with Crippen molar-refractivity contribution in [2.75, 3.05) is 19.6 Å². The molecule has 0 saturated heterocycles. The van der Waals surface area contributed by atoms with Gasteiger partial charge in [-0.15, -0.1) is 0 Å². The van der Waals surface area contributed by atoms with Crippen LogP contribution in [0.4, 0.5) is 0 Å². The summed E-state index contributed by atoms with van der Waals surface area (Å²) in [6.45, 7) is 12.9. The van der Waals surface area contributed by atoms with Crippen LogP contribution in [-0.4, -0.2) is 36.6 Å². The van der Waals surface area contributed by atoms with Gasteiger partial charge in [-0.2, -0.15) is 0 Å². The molecule has 1 fully saturated rings. The van der Waals surface area contributed by atoms with Gasteiger partial charge in [-0.1, -0.05) is 20.8 Å². The molecule has 0 aromatic carbocycles. The second-order valence-electron chi connectivity index (χ2n) is 5.24. The fourth-order valence-electron chi connectivity index (χ4n) is 2.46. The summed E-state index contributed by atoms with van der Waals surface area (Å²) < 4.78 is 0. The molecular formula is C14H30N2. The van der Waals surface area contributed by atoms with Crippen molar-refractivity contribution in [2.24, 2.45) is 5.92 Å². The Morgan fingerprint density at radius 3 is 2.38 bits per heavy atom. The highest BCUT2D eigenvalue weighted by molar-refractivity contribution is 4.84. The third-order valence-electron chi connectivity index (χ3n) is 3.85. The smallest absolute Gasteiger partial charge is 0.0220 e. The highest BCUT2D eigenvalue weighted by atomic mass is 15.2. The second-order valence-corrected chi connectivity index (χ2v) is 5.24. The lowest BCUT2D eigenvalue weighted by molar-refractivity contribution is 0.167. The maximum absolute atomic E-state index is 3.69. The molecule has 1 N–H and O–H groups in total. The first-order valence-corrected chi connectivity index (χ1v) is 7.20. The largest absolute Gasteiger partial charge is 0.312 e. The third-order valence-corrected chi connectivity index (χ3v) is 3.85. The predicted molar refractivity (Wildman–Crippen MR) is 71.8 cm³/mol. The summed E-state index contributed by atoms with van der Waals surface area (Å²) in [6.07, 6.45) is 5.39. The van der Waals surface area contributed by atoms with Crippen LogP contribution in [0.15, 0.2) is 0 Å². The number of rotatable bonds is 9. The van der Waals surface area contributed by atoms with Crippen molar-refractivity contribution in [1.82, 2.24) is 10.2 Å². The highest BCUT2D eigenvalue weighted by Gasteiger charge is 2.28. The Hall–Kier alpha value is -0.0800. The molecule has 0 aliphatic heterocycles. The van der Waals surface area contributed by atoms with Gasteiger partial charge in [-0.25, -0.2) is 0 Å². The normalized spacial score (nSPS) is 20.1. The Balaban J connectivity index is 2.38. The minimum Gasteiger partial charge on any atom is -0.312 e. The number of hydrogen-bond donors (Lipinski definition) is 1. The summed E-state index contributed by atoms with van der Waals surface area (Å²) in [7, 11) is 0. The van der Waals surface area contributed by atoms with Gasteiger partial charge in [0.05, 0.1) is 0 Å². The van der Waals surface area contributed by atoms with Crippen LogP contribution in [0, 0.1) is 5.92 Å². The second kappa shape index (κ2) is 7.29. The zero-order valence-corrected chi connectivity index (χ0v) is 11.6. The van der Waals surface area contributed by atoms with E-state index in [1.165, 1.54) is 38.8 Å². The molecule has 0 bridgehead atoms. The molecule has 1 saturated carbocycles. The average molecular weight is 226 g/mol. The molecule has 0 spiro atoms. The fourth-order valence-corrected chi connectivity index (χ4v) is 2.46. The first kappa shape index (κ1) is 14.0. The topological polar surface area (TPSA) is 15.3 Å². The van der Waals surface area contributed by atoms with Gasteiger partial charge in [0.25, 0.3) is 0 Å². The summed E-state index contributed by atoms with van der Waals surface area (Å²) in [4.78, 5) is 2.66. The molecule has 1 aliphatic carbocycles. The lowest BCUT2D eigenvalue weighted by Crippen LogP contribution is -2.49. The van der Waals surface area contributed by atoms with Gasteiger partial charge in [0.1, 0.15) is 0 Å². The van der Waals surface area contributed by atoms with E-state index in [9.17, 15) is 0 Å². The maximum Gasteiger partial charge on any atom is 0.0220 e. The molecule has 0 aromatic heterocycles. The molecule has 96 valence electrons. The van der Waals surface area contributed by atoms with Crippen molar-refractivity contribution in [3.05, 3.63) is 0 Å². The SMILES string of the molecule is CCCNC(CC)C(C)N(CC)CC1CC1. The highest BCUT2D eigenvalue weighted by Crippen LogP contribution is 2.30. The van der Waals surface area contributed by atoms with Crippen LogP contribution in [0.2, 0.25) is 0 Å². The number of nitrogens with zero attached hydrogens (tertiary/aromatic N) is 1. The lowest BCUT2D eigenvalue weighted by Gasteiger charge is -2.34. The standard InChI is InChI=1S/C14H30N2/c1-5-10-15-14(6-2)12(4)16(7-3)11-13-8-9-13/h12-15H,5-11H2,1-4H3. The molecule has 2 heteroatoms. The Bertz CT molecular complexity index is 178. The van der Waals surface area contributed by atoms with Crippen molar-refractivity contribution in [2.45, 2.75) is 65.5 Å². The molecule has 0 aromatic rings. The molecule has 0 radical (unpaired) electrons. The Kier molecular flexibility index (Phi) is 6.37. The fraction of sp³-hybridized carbons (Fsp3) is 1.00. The number of likely N-dealkylation sites (N-methyl/N-ethyl adjacent to an activating group) is 1. The quantitative estimate of drug-likeness (QED) is 0.650. The lowest BCUT2D eigenvalue weighted by atomic mass is 10.0. The van der Waals surface area contributed by atoms with Crippen LogP contribution >= 0.6 is 0 Å². The van der Waals surface area contributed by atoms with Crippen LogP contribution < -0.4 is 5.32 Å². The van der Waals surface area contributed by atoms with E-state index in [0.717, 1.165) is 12.5 Å². The van der Waals surface area contributed by atoms with Crippen LogP contribution in [0.1, 0.15) is 53.4 Å². The molecule has 16 heavy (non-hydrogen) atoms. The Morgan fingerprint density at radius 1 is 1.25 bits per heavy atom. The summed E-state index contributed by atoms with van der Waals surface area (Å²) in [5, 5.41) is 3.69. The van der Waals surface area contributed by atoms with Crippen molar-refractivity contribution < 1.29 is 0 Å². The van der Waals surface area contributed by atoms with Gasteiger partial charge in [0, 0.05) is 18.6 Å². The first-order chi connectivity index (χ1) is 7.72. The minimum atomic E-state index is 0.665. The van der Waals surface area contributed by atoms with Crippen molar-refractivity contribution >= 4 is 0 Å². The molecular weight excluding hydrogens is 196 g/mol. The molecule has 0 heterocycles. The van der Waals surface area contributed by atoms with E-state index in [1.807, 2.05) is 0 Å². The van der Waals surface area contributed by atoms with E-state index in [0.29, 0.717) is 12.1 Å². The summed E-state index contributed by atoms with van der Waals surface area (Å²) in [5.41, 5.74) is 0. The molecule has 2 atom stereocenters. The van der Waals surface area contributed by atoms with Gasteiger partial charge in [-0.05, 0) is 51.6 Å². The number of hydrogen-bond acceptors (Lipinski definition) is 2. The van der Waals surface area contributed by atoms with Gasteiger partial charge >= 0.3 is 0 Å². The predicted octanol–water partition coefficient (Wildman–Crippen LogP) is 2.89. The maximum atomic E-state index is 3.69. The van der Waals surface area contributed by atoms with Crippen molar-refractivity contribution in [1.29, 1.82) is 0 Å². The van der Waals surface area contributed by atoms with Crippen LogP contribution in [0.3, 0.4) is 0 Å². The van der Waals surface area contributed by atoms with E-state index in [4.69, 9.17) is 0 Å². The Labute approximate surface area is 102 Å². The molecule has 1 rings (SSSR count). The van der Waals surface area contributed by atoms with Crippen molar-refractivity contribution in [3.63, 3.8) is 0 Å². The minimum absolute atomic E-state index is 0.665. The van der Waals surface area contributed by atoms with E-state index in [2.05, 4.69) is 37.9 Å². The zero-order chi connectivity index (χ0) is 12.0. The van der Waals surface area contributed by atoms with Gasteiger partial charge in [0.15, 0.2) is 0 Å². The Morgan fingerprint density at radius 2 is 1.94 bits per heavy atom. The van der Waals surface area contributed by atoms with Crippen LogP contribution in [0.5, 0.6) is 0 Å². The summed E-state index contributed by atoms with van der Waals surface area (Å²) >= 11 is 0. The third kappa shape index (κ3) is 4.42. The summed E-state index contributed by atoms with van der Waals surface area (Å²) in [5.74, 6) is 1.01. The van der Waals surface area contributed by atoms with Crippen molar-refractivity contribution in [3.8, 4) is 0 Å². The zero-order valence-electron chi connectivity index (χ0n) is 11.6. The summed E-state index contributed by atoms with van der Waals surface area (Å²) in [6, 6.07) is 1.35. The van der Waals surface area contributed by atoms with Gasteiger partial charge in [-0.3, -0.25) is 4.90 Å². The van der Waals surface area contributed by atoms with E-state index in [1.54, 1.807) is 0 Å². The van der Waals surface area contributed by atoms with E-state index in [-0.39, 0.29) is 0 Å². The van der Waals surface area contributed by atoms with Gasteiger partial charge in [0.2, 0.25) is 0 Å². The molecule has 1 aliphatic rings.